The molecule has 0 bridgehead atoms. The first kappa shape index (κ1) is 8.78. The number of hydrogen-bond donors (Lipinski definition) is 1. The molecule has 0 aromatic heterocycles. The van der Waals surface area contributed by atoms with Crippen LogP contribution >= 0.6 is 12.2 Å². The van der Waals surface area contributed by atoms with Crippen LogP contribution in [-0.2, 0) is 0 Å². The average molecular weight is 172 g/mol. The SMILES string of the molecule is CCCCNC(=S)N1CCC1. The Balaban J connectivity index is 2.01. The van der Waals surface area contributed by atoms with E-state index in [0.29, 0.717) is 0 Å². The van der Waals surface area contributed by atoms with Crippen LogP contribution in [0.15, 0.2) is 0 Å². The van der Waals surface area contributed by atoms with Gasteiger partial charge in [0.05, 0.1) is 0 Å². The van der Waals surface area contributed by atoms with Crippen molar-refractivity contribution >= 4 is 17.3 Å². The molecule has 0 aromatic carbocycles. The fraction of sp³-hybridized carbons (Fsp3) is 0.875. The highest BCUT2D eigenvalue weighted by atomic mass is 32.1. The number of unbranched alkanes of at least 4 members (excludes halogenated alkanes) is 1. The summed E-state index contributed by atoms with van der Waals surface area (Å²) in [6.07, 6.45) is 3.75. The van der Waals surface area contributed by atoms with Crippen LogP contribution in [-0.4, -0.2) is 29.6 Å². The van der Waals surface area contributed by atoms with Gasteiger partial charge in [-0.25, -0.2) is 0 Å². The van der Waals surface area contributed by atoms with Gasteiger partial charge in [0.2, 0.25) is 0 Å². The van der Waals surface area contributed by atoms with Gasteiger partial charge in [-0.1, -0.05) is 13.3 Å². The first-order chi connectivity index (χ1) is 5.34. The lowest BCUT2D eigenvalue weighted by Crippen LogP contribution is -2.47. The van der Waals surface area contributed by atoms with Gasteiger partial charge in [0.1, 0.15) is 0 Å². The molecule has 0 spiro atoms. The van der Waals surface area contributed by atoms with E-state index in [4.69, 9.17) is 12.2 Å². The molecule has 0 radical (unpaired) electrons. The number of nitrogens with one attached hydrogen (secondary N) is 1. The van der Waals surface area contributed by atoms with Crippen LogP contribution in [0.2, 0.25) is 0 Å². The highest BCUT2D eigenvalue weighted by Gasteiger charge is 2.15. The Kier molecular flexibility index (Phi) is 3.63. The van der Waals surface area contributed by atoms with Crippen molar-refractivity contribution in [2.75, 3.05) is 19.6 Å². The van der Waals surface area contributed by atoms with Gasteiger partial charge in [-0.15, -0.1) is 0 Å². The number of thiocarbonyl (C=S) groups is 1. The molecule has 0 saturated carbocycles. The number of nitrogens with zero attached hydrogens (tertiary/aromatic N) is 1. The van der Waals surface area contributed by atoms with Gasteiger partial charge < -0.3 is 10.2 Å². The molecule has 11 heavy (non-hydrogen) atoms. The lowest BCUT2D eigenvalue weighted by atomic mass is 10.2. The summed E-state index contributed by atoms with van der Waals surface area (Å²) in [6.45, 7) is 5.52. The molecule has 2 nitrogen and oxygen atoms in total. The summed E-state index contributed by atoms with van der Waals surface area (Å²) in [6, 6.07) is 0. The maximum absolute atomic E-state index is 5.16. The van der Waals surface area contributed by atoms with Crippen molar-refractivity contribution in [3.05, 3.63) is 0 Å². The molecule has 1 fully saturated rings. The fourth-order valence-electron chi connectivity index (χ4n) is 1.00. The van der Waals surface area contributed by atoms with Crippen LogP contribution in [0.1, 0.15) is 26.2 Å². The van der Waals surface area contributed by atoms with Gasteiger partial charge in [0.25, 0.3) is 0 Å². The van der Waals surface area contributed by atoms with E-state index < -0.39 is 0 Å². The zero-order chi connectivity index (χ0) is 8.10. The number of rotatable bonds is 3. The minimum atomic E-state index is 0.949. The van der Waals surface area contributed by atoms with E-state index >= 15 is 0 Å². The Labute approximate surface area is 74.0 Å². The van der Waals surface area contributed by atoms with Crippen molar-refractivity contribution in [3.63, 3.8) is 0 Å². The molecule has 1 saturated heterocycles. The lowest BCUT2D eigenvalue weighted by molar-refractivity contribution is 0.296. The average Bonchev–Trinajstić information content (AvgIpc) is 1.84. The molecule has 0 atom stereocenters. The van der Waals surface area contributed by atoms with Crippen LogP contribution in [0.4, 0.5) is 0 Å². The number of hydrogen-bond acceptors (Lipinski definition) is 1. The topological polar surface area (TPSA) is 15.3 Å². The van der Waals surface area contributed by atoms with E-state index in [9.17, 15) is 0 Å². The van der Waals surface area contributed by atoms with Gasteiger partial charge in [0.15, 0.2) is 5.11 Å². The molecule has 1 aliphatic rings. The van der Waals surface area contributed by atoms with Crippen LogP contribution in [0, 0.1) is 0 Å². The molecule has 1 aliphatic heterocycles. The van der Waals surface area contributed by atoms with Crippen molar-refractivity contribution < 1.29 is 0 Å². The molecular weight excluding hydrogens is 156 g/mol. The Morgan fingerprint density at radius 3 is 2.73 bits per heavy atom. The molecule has 1 rings (SSSR count). The monoisotopic (exact) mass is 172 g/mol. The van der Waals surface area contributed by atoms with Gasteiger partial charge in [-0.3, -0.25) is 0 Å². The Hall–Kier alpha value is -0.310. The predicted molar refractivity (Wildman–Crippen MR) is 51.7 cm³/mol. The third-order valence-corrected chi connectivity index (χ3v) is 2.35. The van der Waals surface area contributed by atoms with Crippen LogP contribution in [0.5, 0.6) is 0 Å². The van der Waals surface area contributed by atoms with Crippen molar-refractivity contribution in [2.24, 2.45) is 0 Å². The van der Waals surface area contributed by atoms with Gasteiger partial charge in [-0.05, 0) is 25.1 Å². The molecule has 0 aliphatic carbocycles. The minimum absolute atomic E-state index is 0.949. The first-order valence-corrected chi connectivity index (χ1v) is 4.78. The molecule has 1 N–H and O–H groups in total. The molecule has 0 unspecified atom stereocenters. The summed E-state index contributed by atoms with van der Waals surface area (Å²) in [5, 5.41) is 4.19. The van der Waals surface area contributed by atoms with Gasteiger partial charge in [0, 0.05) is 19.6 Å². The van der Waals surface area contributed by atoms with E-state index in [1.54, 1.807) is 0 Å². The van der Waals surface area contributed by atoms with E-state index in [0.717, 1.165) is 24.7 Å². The summed E-state index contributed by atoms with van der Waals surface area (Å²) >= 11 is 5.16. The zero-order valence-corrected chi connectivity index (χ0v) is 7.91. The molecule has 0 aromatic rings. The van der Waals surface area contributed by atoms with E-state index in [1.807, 2.05) is 0 Å². The molecular formula is C8H16N2S. The van der Waals surface area contributed by atoms with Crippen molar-refractivity contribution in [2.45, 2.75) is 26.2 Å². The van der Waals surface area contributed by atoms with E-state index in [1.165, 1.54) is 19.3 Å². The predicted octanol–water partition coefficient (Wildman–Crippen LogP) is 1.37. The fourth-order valence-corrected chi connectivity index (χ4v) is 1.29. The highest BCUT2D eigenvalue weighted by molar-refractivity contribution is 7.80. The minimum Gasteiger partial charge on any atom is -0.363 e. The number of likely N-dealkylation sites (tertiary alicyclic amines) is 1. The second kappa shape index (κ2) is 4.54. The van der Waals surface area contributed by atoms with Crippen molar-refractivity contribution in [1.29, 1.82) is 0 Å². The summed E-state index contributed by atoms with van der Waals surface area (Å²) in [7, 11) is 0. The normalized spacial score (nSPS) is 15.9. The molecule has 3 heteroatoms. The molecule has 0 amide bonds. The first-order valence-electron chi connectivity index (χ1n) is 4.37. The zero-order valence-electron chi connectivity index (χ0n) is 7.10. The van der Waals surface area contributed by atoms with Gasteiger partial charge >= 0.3 is 0 Å². The second-order valence-corrected chi connectivity index (χ2v) is 3.31. The third-order valence-electron chi connectivity index (χ3n) is 1.95. The summed E-state index contributed by atoms with van der Waals surface area (Å²) in [5.41, 5.74) is 0. The largest absolute Gasteiger partial charge is 0.363 e. The highest BCUT2D eigenvalue weighted by Crippen LogP contribution is 2.05. The standard InChI is InChI=1S/C8H16N2S/c1-2-3-5-9-8(11)10-6-4-7-10/h2-7H2,1H3,(H,9,11). The van der Waals surface area contributed by atoms with E-state index in [2.05, 4.69) is 17.1 Å². The van der Waals surface area contributed by atoms with Gasteiger partial charge in [-0.2, -0.15) is 0 Å². The second-order valence-electron chi connectivity index (χ2n) is 2.93. The Morgan fingerprint density at radius 1 is 1.55 bits per heavy atom. The quantitative estimate of drug-likeness (QED) is 0.511. The Bertz CT molecular complexity index is 132. The van der Waals surface area contributed by atoms with E-state index in [-0.39, 0.29) is 0 Å². The van der Waals surface area contributed by atoms with Crippen LogP contribution in [0.25, 0.3) is 0 Å². The van der Waals surface area contributed by atoms with Crippen LogP contribution in [0.3, 0.4) is 0 Å². The van der Waals surface area contributed by atoms with Crippen molar-refractivity contribution in [1.82, 2.24) is 10.2 Å². The van der Waals surface area contributed by atoms with Crippen LogP contribution < -0.4 is 5.32 Å². The third kappa shape index (κ3) is 2.66. The summed E-state index contributed by atoms with van der Waals surface area (Å²) in [4.78, 5) is 2.21. The maximum Gasteiger partial charge on any atom is 0.168 e. The maximum atomic E-state index is 5.16. The van der Waals surface area contributed by atoms with Crippen molar-refractivity contribution in [3.8, 4) is 0 Å². The summed E-state index contributed by atoms with van der Waals surface area (Å²) in [5.74, 6) is 0. The lowest BCUT2D eigenvalue weighted by Gasteiger charge is -2.33. The smallest absolute Gasteiger partial charge is 0.168 e. The molecule has 64 valence electrons. The Morgan fingerprint density at radius 2 is 2.27 bits per heavy atom. The summed E-state index contributed by atoms with van der Waals surface area (Å²) < 4.78 is 0. The molecule has 1 heterocycles.